The van der Waals surface area contributed by atoms with Crippen LogP contribution in [0.1, 0.15) is 13.8 Å². The Morgan fingerprint density at radius 1 is 1.31 bits per heavy atom. The second-order valence-electron chi connectivity index (χ2n) is 4.42. The molecular weight excluding hydrogens is 232 g/mol. The lowest BCUT2D eigenvalue weighted by Crippen LogP contribution is -2.58. The van der Waals surface area contributed by atoms with Crippen molar-refractivity contribution in [2.75, 3.05) is 13.2 Å². The average Bonchev–Trinajstić information content (AvgIpc) is 2.22. The molecule has 0 bridgehead atoms. The van der Waals surface area contributed by atoms with Gasteiger partial charge in [-0.25, -0.2) is 0 Å². The van der Waals surface area contributed by atoms with E-state index in [2.05, 4.69) is 12.6 Å². The van der Waals surface area contributed by atoms with Gasteiger partial charge in [-0.05, 0) is 5.92 Å². The summed E-state index contributed by atoms with van der Waals surface area (Å²) in [6.45, 7) is 4.07. The zero-order valence-corrected chi connectivity index (χ0v) is 10.4. The Morgan fingerprint density at radius 2 is 1.94 bits per heavy atom. The monoisotopic (exact) mass is 252 g/mol. The highest BCUT2D eigenvalue weighted by Crippen LogP contribution is 2.25. The lowest BCUT2D eigenvalue weighted by molar-refractivity contribution is -0.220. The Morgan fingerprint density at radius 3 is 2.44 bits per heavy atom. The zero-order valence-electron chi connectivity index (χ0n) is 9.48. The normalized spacial score (nSPS) is 40.3. The summed E-state index contributed by atoms with van der Waals surface area (Å²) in [4.78, 5) is 0. The molecule has 16 heavy (non-hydrogen) atoms. The van der Waals surface area contributed by atoms with E-state index in [1.54, 1.807) is 0 Å². The summed E-state index contributed by atoms with van der Waals surface area (Å²) >= 11 is 4.14. The van der Waals surface area contributed by atoms with Gasteiger partial charge in [-0.3, -0.25) is 0 Å². The minimum Gasteiger partial charge on any atom is -0.394 e. The van der Waals surface area contributed by atoms with Gasteiger partial charge < -0.3 is 24.8 Å². The lowest BCUT2D eigenvalue weighted by atomic mass is 10.00. The van der Waals surface area contributed by atoms with E-state index >= 15 is 0 Å². The van der Waals surface area contributed by atoms with E-state index < -0.39 is 29.9 Å². The molecule has 0 unspecified atom stereocenters. The molecule has 0 amide bonds. The van der Waals surface area contributed by atoms with Crippen molar-refractivity contribution in [2.24, 2.45) is 5.92 Å². The van der Waals surface area contributed by atoms with Gasteiger partial charge >= 0.3 is 0 Å². The van der Waals surface area contributed by atoms with E-state index in [1.807, 2.05) is 13.8 Å². The van der Waals surface area contributed by atoms with Crippen LogP contribution in [0.15, 0.2) is 0 Å². The zero-order chi connectivity index (χ0) is 12.3. The third kappa shape index (κ3) is 3.32. The molecular formula is C10H20O5S. The Balaban J connectivity index is 2.57. The van der Waals surface area contributed by atoms with Crippen LogP contribution in [0, 0.1) is 5.92 Å². The molecule has 1 rings (SSSR count). The number of ether oxygens (including phenoxy) is 2. The molecule has 5 nitrogen and oxygen atoms in total. The van der Waals surface area contributed by atoms with E-state index in [0.717, 1.165) is 0 Å². The van der Waals surface area contributed by atoms with Crippen molar-refractivity contribution < 1.29 is 24.8 Å². The molecule has 6 heteroatoms. The van der Waals surface area contributed by atoms with Crippen LogP contribution >= 0.6 is 12.6 Å². The van der Waals surface area contributed by atoms with Crippen molar-refractivity contribution >= 4 is 12.6 Å². The molecule has 0 radical (unpaired) electrons. The number of aliphatic hydroxyl groups is 3. The van der Waals surface area contributed by atoms with Gasteiger partial charge in [0.1, 0.15) is 29.9 Å². The summed E-state index contributed by atoms with van der Waals surface area (Å²) < 4.78 is 10.7. The molecule has 1 aliphatic heterocycles. The van der Waals surface area contributed by atoms with E-state index in [9.17, 15) is 10.2 Å². The summed E-state index contributed by atoms with van der Waals surface area (Å²) in [5.41, 5.74) is -0.644. The standard InChI is InChI=1S/C10H20O5S/c1-5(2)4-14-9-8(13)7(12)6(3-11)15-10(9)16/h5-13,16H,3-4H2,1-2H3/t6-,7+,8+,9-,10+/m1/s1. The van der Waals surface area contributed by atoms with Crippen LogP contribution in [-0.4, -0.2) is 58.4 Å². The van der Waals surface area contributed by atoms with E-state index in [-0.39, 0.29) is 6.61 Å². The second kappa shape index (κ2) is 6.18. The highest BCUT2D eigenvalue weighted by molar-refractivity contribution is 7.80. The fourth-order valence-electron chi connectivity index (χ4n) is 1.56. The fraction of sp³-hybridized carbons (Fsp3) is 1.00. The lowest BCUT2D eigenvalue weighted by Gasteiger charge is -2.40. The number of hydrogen-bond acceptors (Lipinski definition) is 6. The number of aliphatic hydroxyl groups excluding tert-OH is 3. The second-order valence-corrected chi connectivity index (χ2v) is 4.93. The SMILES string of the molecule is CC(C)CO[C@@H]1[C@@H](O)[C@@H](O)[C@@H](CO)O[C@H]1S. The van der Waals surface area contributed by atoms with Crippen LogP contribution in [0.5, 0.6) is 0 Å². The first-order valence-corrected chi connectivity index (χ1v) is 5.91. The van der Waals surface area contributed by atoms with Crippen molar-refractivity contribution in [3.63, 3.8) is 0 Å². The highest BCUT2D eigenvalue weighted by Gasteiger charge is 2.43. The van der Waals surface area contributed by atoms with E-state index in [4.69, 9.17) is 14.6 Å². The molecule has 3 N–H and O–H groups in total. The predicted molar refractivity (Wildman–Crippen MR) is 61.3 cm³/mol. The first-order valence-electron chi connectivity index (χ1n) is 5.39. The molecule has 1 aliphatic rings. The Hall–Kier alpha value is 0.150. The number of thiol groups is 1. The third-order valence-electron chi connectivity index (χ3n) is 2.46. The summed E-state index contributed by atoms with van der Waals surface area (Å²) in [5, 5.41) is 28.4. The van der Waals surface area contributed by atoms with Crippen LogP contribution in [-0.2, 0) is 9.47 Å². The van der Waals surface area contributed by atoms with Gasteiger partial charge in [0.25, 0.3) is 0 Å². The first-order chi connectivity index (χ1) is 7.47. The van der Waals surface area contributed by atoms with Crippen LogP contribution in [0.2, 0.25) is 0 Å². The largest absolute Gasteiger partial charge is 0.394 e. The molecule has 0 aromatic carbocycles. The van der Waals surface area contributed by atoms with Crippen molar-refractivity contribution in [1.29, 1.82) is 0 Å². The Labute approximate surface area is 101 Å². The minimum atomic E-state index is -1.15. The van der Waals surface area contributed by atoms with Crippen molar-refractivity contribution in [3.05, 3.63) is 0 Å². The van der Waals surface area contributed by atoms with Crippen LogP contribution in [0.25, 0.3) is 0 Å². The Bertz CT molecular complexity index is 213. The third-order valence-corrected chi connectivity index (χ3v) is 2.88. The molecule has 0 aliphatic carbocycles. The molecule has 1 heterocycles. The summed E-state index contributed by atoms with van der Waals surface area (Å²) in [6.07, 6.45) is -3.72. The van der Waals surface area contributed by atoms with Crippen molar-refractivity contribution in [1.82, 2.24) is 0 Å². The first kappa shape index (κ1) is 14.2. The maximum absolute atomic E-state index is 9.81. The van der Waals surface area contributed by atoms with Gasteiger partial charge in [0.05, 0.1) is 6.61 Å². The van der Waals surface area contributed by atoms with Gasteiger partial charge in [-0.1, -0.05) is 13.8 Å². The molecule has 96 valence electrons. The molecule has 0 spiro atoms. The Kier molecular flexibility index (Phi) is 5.49. The molecule has 0 saturated carbocycles. The smallest absolute Gasteiger partial charge is 0.129 e. The van der Waals surface area contributed by atoms with E-state index in [1.165, 1.54) is 0 Å². The molecule has 1 saturated heterocycles. The predicted octanol–water partition coefficient (Wildman–Crippen LogP) is -0.604. The average molecular weight is 252 g/mol. The molecule has 0 aromatic rings. The maximum atomic E-state index is 9.81. The van der Waals surface area contributed by atoms with Gasteiger partial charge in [-0.2, -0.15) is 0 Å². The molecule has 5 atom stereocenters. The fourth-order valence-corrected chi connectivity index (χ4v) is 1.97. The van der Waals surface area contributed by atoms with Gasteiger partial charge in [0.2, 0.25) is 0 Å². The maximum Gasteiger partial charge on any atom is 0.129 e. The summed E-state index contributed by atoms with van der Waals surface area (Å²) in [5.74, 6) is 0.320. The minimum absolute atomic E-state index is 0.320. The summed E-state index contributed by atoms with van der Waals surface area (Å²) in [7, 11) is 0. The van der Waals surface area contributed by atoms with Crippen LogP contribution < -0.4 is 0 Å². The number of hydrogen-bond donors (Lipinski definition) is 4. The van der Waals surface area contributed by atoms with Gasteiger partial charge in [-0.15, -0.1) is 12.6 Å². The highest BCUT2D eigenvalue weighted by atomic mass is 32.1. The van der Waals surface area contributed by atoms with Gasteiger partial charge in [0.15, 0.2) is 0 Å². The van der Waals surface area contributed by atoms with E-state index in [0.29, 0.717) is 12.5 Å². The van der Waals surface area contributed by atoms with Gasteiger partial charge in [0, 0.05) is 6.61 Å². The topological polar surface area (TPSA) is 79.2 Å². The number of rotatable bonds is 4. The van der Waals surface area contributed by atoms with Crippen molar-refractivity contribution in [3.8, 4) is 0 Å². The molecule has 0 aromatic heterocycles. The quantitative estimate of drug-likeness (QED) is 0.502. The summed E-state index contributed by atoms with van der Waals surface area (Å²) in [6, 6.07) is 0. The van der Waals surface area contributed by atoms with Crippen LogP contribution in [0.4, 0.5) is 0 Å². The van der Waals surface area contributed by atoms with Crippen molar-refractivity contribution in [2.45, 2.75) is 43.7 Å². The van der Waals surface area contributed by atoms with Crippen LogP contribution in [0.3, 0.4) is 0 Å². The molecule has 1 fully saturated rings.